The van der Waals surface area contributed by atoms with Gasteiger partial charge in [0, 0.05) is 39.2 Å². The van der Waals surface area contributed by atoms with E-state index in [-0.39, 0.29) is 5.69 Å². The number of nitrogens with one attached hydrogen (secondary N) is 1. The van der Waals surface area contributed by atoms with Gasteiger partial charge >= 0.3 is 6.18 Å². The van der Waals surface area contributed by atoms with Crippen LogP contribution in [0.1, 0.15) is 5.56 Å². The Kier molecular flexibility index (Phi) is 5.37. The van der Waals surface area contributed by atoms with Crippen molar-refractivity contribution < 1.29 is 13.2 Å². The van der Waals surface area contributed by atoms with Crippen molar-refractivity contribution in [2.24, 2.45) is 0 Å². The molecule has 1 N–H and O–H groups in total. The summed E-state index contributed by atoms with van der Waals surface area (Å²) < 4.78 is 39.3. The first kappa shape index (κ1) is 15.4. The average molecular weight is 372 g/mol. The molecule has 1 aliphatic heterocycles. The number of anilines is 1. The molecule has 1 aromatic carbocycles. The first-order valence-corrected chi connectivity index (χ1v) is 8.76. The molecule has 19 heavy (non-hydrogen) atoms. The molecule has 1 heterocycles. The van der Waals surface area contributed by atoms with E-state index in [1.807, 2.05) is 23.5 Å². The molecule has 0 radical (unpaired) electrons. The van der Waals surface area contributed by atoms with Gasteiger partial charge in [-0.25, -0.2) is 0 Å². The van der Waals surface area contributed by atoms with Gasteiger partial charge in [-0.05, 0) is 18.2 Å². The van der Waals surface area contributed by atoms with E-state index in [2.05, 4.69) is 21.2 Å². The molecule has 0 amide bonds. The lowest BCUT2D eigenvalue weighted by atomic mass is 10.1. The highest BCUT2D eigenvalue weighted by molar-refractivity contribution is 9.10. The van der Waals surface area contributed by atoms with Gasteiger partial charge in [-0.2, -0.15) is 36.7 Å². The zero-order valence-corrected chi connectivity index (χ0v) is 13.2. The minimum absolute atomic E-state index is 0.151. The van der Waals surface area contributed by atoms with Crippen LogP contribution in [0.5, 0.6) is 0 Å². The maximum atomic E-state index is 12.9. The van der Waals surface area contributed by atoms with Gasteiger partial charge in [0.25, 0.3) is 0 Å². The van der Waals surface area contributed by atoms with E-state index < -0.39 is 11.7 Å². The number of halogens is 4. The van der Waals surface area contributed by atoms with E-state index in [9.17, 15) is 13.2 Å². The van der Waals surface area contributed by atoms with Crippen LogP contribution in [-0.4, -0.2) is 29.1 Å². The van der Waals surface area contributed by atoms with Crippen LogP contribution in [0.4, 0.5) is 18.9 Å². The number of thioether (sulfide) groups is 2. The highest BCUT2D eigenvalue weighted by Crippen LogP contribution is 2.36. The maximum absolute atomic E-state index is 12.9. The van der Waals surface area contributed by atoms with E-state index in [1.54, 1.807) is 0 Å². The molecule has 0 bridgehead atoms. The smallest absolute Gasteiger partial charge is 0.383 e. The van der Waals surface area contributed by atoms with Gasteiger partial charge in [-0.1, -0.05) is 15.9 Å². The summed E-state index contributed by atoms with van der Waals surface area (Å²) in [5, 5.41) is 3.32. The summed E-state index contributed by atoms with van der Waals surface area (Å²) in [4.78, 5) is 0. The van der Waals surface area contributed by atoms with Crippen molar-refractivity contribution in [3.63, 3.8) is 0 Å². The molecule has 1 unspecified atom stereocenters. The quantitative estimate of drug-likeness (QED) is 0.824. The second-order valence-corrected chi connectivity index (χ2v) is 7.61. The van der Waals surface area contributed by atoms with E-state index >= 15 is 0 Å². The first-order chi connectivity index (χ1) is 8.97. The maximum Gasteiger partial charge on any atom is 0.418 e. The van der Waals surface area contributed by atoms with Gasteiger partial charge < -0.3 is 5.32 Å². The van der Waals surface area contributed by atoms with Gasteiger partial charge in [0.05, 0.1) is 5.56 Å². The molecule has 7 heteroatoms. The predicted molar refractivity (Wildman–Crippen MR) is 81.2 cm³/mol. The molecule has 0 saturated carbocycles. The Morgan fingerprint density at radius 1 is 1.32 bits per heavy atom. The molecule has 0 spiro atoms. The zero-order valence-electron chi connectivity index (χ0n) is 9.97. The number of rotatable bonds is 3. The van der Waals surface area contributed by atoms with Crippen LogP contribution in [-0.2, 0) is 6.18 Å². The number of alkyl halides is 3. The standard InChI is InChI=1S/C12H13BrF3NS2/c13-8-1-2-10(12(14,15)16)11(5-8)17-6-9-7-18-3-4-19-9/h1-2,5,9,17H,3-4,6-7H2. The minimum Gasteiger partial charge on any atom is -0.383 e. The third-order valence-electron chi connectivity index (χ3n) is 2.69. The highest BCUT2D eigenvalue weighted by atomic mass is 79.9. The van der Waals surface area contributed by atoms with Crippen molar-refractivity contribution in [2.75, 3.05) is 29.1 Å². The van der Waals surface area contributed by atoms with Crippen LogP contribution in [0.2, 0.25) is 0 Å². The van der Waals surface area contributed by atoms with Crippen LogP contribution in [0, 0.1) is 0 Å². The summed E-state index contributed by atoms with van der Waals surface area (Å²) >= 11 is 6.89. The molecule has 1 atom stereocenters. The summed E-state index contributed by atoms with van der Waals surface area (Å²) in [6, 6.07) is 4.01. The van der Waals surface area contributed by atoms with Gasteiger partial charge in [-0.3, -0.25) is 0 Å². The fraction of sp³-hybridized carbons (Fsp3) is 0.500. The summed E-state index contributed by atoms with van der Waals surface area (Å²) in [5.41, 5.74) is -0.456. The third-order valence-corrected chi connectivity index (χ3v) is 6.03. The van der Waals surface area contributed by atoms with E-state index in [0.29, 0.717) is 16.3 Å². The lowest BCUT2D eigenvalue weighted by Gasteiger charge is -2.23. The molecule has 1 aromatic rings. The molecular formula is C12H13BrF3NS2. The van der Waals surface area contributed by atoms with Gasteiger partial charge in [-0.15, -0.1) is 0 Å². The Bertz CT molecular complexity index is 433. The molecule has 1 aliphatic rings. The topological polar surface area (TPSA) is 12.0 Å². The number of hydrogen-bond donors (Lipinski definition) is 1. The Balaban J connectivity index is 2.07. The second-order valence-electron chi connectivity index (χ2n) is 4.14. The first-order valence-electron chi connectivity index (χ1n) is 5.77. The molecular weight excluding hydrogens is 359 g/mol. The van der Waals surface area contributed by atoms with Crippen LogP contribution in [0.15, 0.2) is 22.7 Å². The Labute approximate surface area is 127 Å². The second kappa shape index (κ2) is 6.63. The molecule has 0 aromatic heterocycles. The molecule has 0 aliphatic carbocycles. The fourth-order valence-electron chi connectivity index (χ4n) is 1.79. The zero-order chi connectivity index (χ0) is 13.9. The van der Waals surface area contributed by atoms with Gasteiger partial charge in [0.15, 0.2) is 0 Å². The Morgan fingerprint density at radius 3 is 2.74 bits per heavy atom. The monoisotopic (exact) mass is 371 g/mol. The lowest BCUT2D eigenvalue weighted by molar-refractivity contribution is -0.136. The van der Waals surface area contributed by atoms with Crippen molar-refractivity contribution in [3.8, 4) is 0 Å². The van der Waals surface area contributed by atoms with Crippen LogP contribution in [0.25, 0.3) is 0 Å². The molecule has 1 fully saturated rings. The normalized spacial score (nSPS) is 20.3. The minimum atomic E-state index is -4.32. The van der Waals surface area contributed by atoms with Crippen molar-refractivity contribution >= 4 is 45.1 Å². The molecule has 2 rings (SSSR count). The van der Waals surface area contributed by atoms with Crippen molar-refractivity contribution in [1.29, 1.82) is 0 Å². The summed E-state index contributed by atoms with van der Waals surface area (Å²) in [6.07, 6.45) is -4.32. The van der Waals surface area contributed by atoms with Gasteiger partial charge in [0.1, 0.15) is 0 Å². The van der Waals surface area contributed by atoms with E-state index in [0.717, 1.165) is 23.3 Å². The number of benzene rings is 1. The third kappa shape index (κ3) is 4.49. The van der Waals surface area contributed by atoms with E-state index in [1.165, 1.54) is 12.1 Å². The SMILES string of the molecule is FC(F)(F)c1ccc(Br)cc1NCC1CSCCS1. The van der Waals surface area contributed by atoms with Crippen LogP contribution in [0.3, 0.4) is 0 Å². The lowest BCUT2D eigenvalue weighted by Crippen LogP contribution is -2.24. The summed E-state index contributed by atoms with van der Waals surface area (Å²) in [6.45, 7) is 0.567. The van der Waals surface area contributed by atoms with Crippen LogP contribution < -0.4 is 5.32 Å². The summed E-state index contributed by atoms with van der Waals surface area (Å²) in [5.74, 6) is 3.19. The molecule has 1 saturated heterocycles. The Hall–Kier alpha value is -0.0100. The number of hydrogen-bond acceptors (Lipinski definition) is 3. The predicted octanol–water partition coefficient (Wildman–Crippen LogP) is 4.73. The summed E-state index contributed by atoms with van der Waals surface area (Å²) in [7, 11) is 0. The molecule has 106 valence electrons. The average Bonchev–Trinajstić information content (AvgIpc) is 2.36. The largest absolute Gasteiger partial charge is 0.418 e. The fourth-order valence-corrected chi connectivity index (χ4v) is 4.76. The highest BCUT2D eigenvalue weighted by Gasteiger charge is 2.33. The van der Waals surface area contributed by atoms with Gasteiger partial charge in [0.2, 0.25) is 0 Å². The van der Waals surface area contributed by atoms with Crippen molar-refractivity contribution in [3.05, 3.63) is 28.2 Å². The van der Waals surface area contributed by atoms with Crippen molar-refractivity contribution in [2.45, 2.75) is 11.4 Å². The van der Waals surface area contributed by atoms with E-state index in [4.69, 9.17) is 0 Å². The Morgan fingerprint density at radius 2 is 2.11 bits per heavy atom. The van der Waals surface area contributed by atoms with Crippen molar-refractivity contribution in [1.82, 2.24) is 0 Å². The molecule has 1 nitrogen and oxygen atoms in total. The van der Waals surface area contributed by atoms with Crippen LogP contribution >= 0.6 is 39.5 Å².